The second-order valence-electron chi connectivity index (χ2n) is 4.63. The zero-order chi connectivity index (χ0) is 15.2. The van der Waals surface area contributed by atoms with E-state index in [-0.39, 0.29) is 5.78 Å². The number of ketones is 1. The Kier molecular flexibility index (Phi) is 5.06. The van der Waals surface area contributed by atoms with Gasteiger partial charge < -0.3 is 9.47 Å². The Balaban J connectivity index is 2.32. The molecule has 0 aliphatic rings. The van der Waals surface area contributed by atoms with Crippen molar-refractivity contribution < 1.29 is 18.7 Å². The Labute approximate surface area is 123 Å². The summed E-state index contributed by atoms with van der Waals surface area (Å²) in [5, 5.41) is 0. The molecule has 0 saturated carbocycles. The molecule has 0 bridgehead atoms. The van der Waals surface area contributed by atoms with Gasteiger partial charge in [0.05, 0.1) is 12.2 Å². The van der Waals surface area contributed by atoms with E-state index in [2.05, 4.69) is 0 Å². The van der Waals surface area contributed by atoms with E-state index < -0.39 is 5.82 Å². The van der Waals surface area contributed by atoms with Gasteiger partial charge in [-0.15, -0.1) is 0 Å². The quantitative estimate of drug-likeness (QED) is 0.604. The van der Waals surface area contributed by atoms with Crippen LogP contribution in [0.5, 0.6) is 5.75 Å². The first-order valence-electron chi connectivity index (χ1n) is 6.65. The topological polar surface area (TPSA) is 35.5 Å². The summed E-state index contributed by atoms with van der Waals surface area (Å²) < 4.78 is 23.8. The predicted octanol–water partition coefficient (Wildman–Crippen LogP) is 3.39. The van der Waals surface area contributed by atoms with Crippen molar-refractivity contribution in [2.75, 3.05) is 20.3 Å². The first kappa shape index (κ1) is 15.2. The lowest BCUT2D eigenvalue weighted by Gasteiger charge is -2.11. The molecule has 110 valence electrons. The lowest BCUT2D eigenvalue weighted by atomic mass is 9.98. The van der Waals surface area contributed by atoms with Crippen LogP contribution in [0.4, 0.5) is 4.39 Å². The van der Waals surface area contributed by atoms with E-state index in [1.165, 1.54) is 12.1 Å². The van der Waals surface area contributed by atoms with Gasteiger partial charge >= 0.3 is 0 Å². The lowest BCUT2D eigenvalue weighted by Crippen LogP contribution is -2.10. The largest absolute Gasteiger partial charge is 0.490 e. The van der Waals surface area contributed by atoms with Gasteiger partial charge in [-0.25, -0.2) is 4.39 Å². The first-order chi connectivity index (χ1) is 10.1. The van der Waals surface area contributed by atoms with Crippen LogP contribution in [0.1, 0.15) is 21.5 Å². The number of hydrogen-bond acceptors (Lipinski definition) is 3. The number of methoxy groups -OCH3 is 1. The van der Waals surface area contributed by atoms with Crippen LogP contribution in [0.2, 0.25) is 0 Å². The summed E-state index contributed by atoms with van der Waals surface area (Å²) in [6, 6.07) is 11.1. The van der Waals surface area contributed by atoms with Crippen molar-refractivity contribution in [1.29, 1.82) is 0 Å². The van der Waals surface area contributed by atoms with Crippen molar-refractivity contribution in [2.24, 2.45) is 0 Å². The van der Waals surface area contributed by atoms with Gasteiger partial charge in [-0.05, 0) is 36.8 Å². The average molecular weight is 288 g/mol. The van der Waals surface area contributed by atoms with Crippen LogP contribution in [0.3, 0.4) is 0 Å². The number of ether oxygens (including phenoxy) is 2. The van der Waals surface area contributed by atoms with Gasteiger partial charge in [0, 0.05) is 12.7 Å². The molecule has 4 heteroatoms. The monoisotopic (exact) mass is 288 g/mol. The van der Waals surface area contributed by atoms with E-state index >= 15 is 0 Å². The molecule has 0 unspecified atom stereocenters. The van der Waals surface area contributed by atoms with Crippen molar-refractivity contribution in [2.45, 2.75) is 6.92 Å². The molecule has 3 nitrogen and oxygen atoms in total. The van der Waals surface area contributed by atoms with Gasteiger partial charge in [0.15, 0.2) is 5.78 Å². The molecule has 0 fully saturated rings. The smallest absolute Gasteiger partial charge is 0.197 e. The second-order valence-corrected chi connectivity index (χ2v) is 4.63. The summed E-state index contributed by atoms with van der Waals surface area (Å²) in [7, 11) is 1.58. The first-order valence-corrected chi connectivity index (χ1v) is 6.65. The highest BCUT2D eigenvalue weighted by molar-refractivity contribution is 6.11. The summed E-state index contributed by atoms with van der Waals surface area (Å²) in [5.74, 6) is -0.204. The van der Waals surface area contributed by atoms with Crippen LogP contribution in [-0.2, 0) is 4.74 Å². The molecule has 0 aliphatic carbocycles. The maximum atomic E-state index is 13.4. The summed E-state index contributed by atoms with van der Waals surface area (Å²) in [6.45, 7) is 2.56. The van der Waals surface area contributed by atoms with Gasteiger partial charge in [-0.2, -0.15) is 0 Å². The molecule has 2 rings (SSSR count). The minimum absolute atomic E-state index is 0.250. The van der Waals surface area contributed by atoms with Gasteiger partial charge in [0.25, 0.3) is 0 Å². The third-order valence-electron chi connectivity index (χ3n) is 3.12. The molecule has 2 aromatic carbocycles. The second kappa shape index (κ2) is 6.99. The minimum Gasteiger partial charge on any atom is -0.490 e. The fraction of sp³-hybridized carbons (Fsp3) is 0.235. The van der Waals surface area contributed by atoms with E-state index in [9.17, 15) is 9.18 Å². The van der Waals surface area contributed by atoms with Crippen LogP contribution in [-0.4, -0.2) is 26.1 Å². The van der Waals surface area contributed by atoms with Gasteiger partial charge in [0.1, 0.15) is 18.2 Å². The molecular formula is C17H17FO3. The average Bonchev–Trinajstić information content (AvgIpc) is 2.50. The van der Waals surface area contributed by atoms with Crippen LogP contribution in [0.15, 0.2) is 42.5 Å². The van der Waals surface area contributed by atoms with Gasteiger partial charge in [-0.3, -0.25) is 4.79 Å². The zero-order valence-corrected chi connectivity index (χ0v) is 12.1. The normalized spacial score (nSPS) is 10.4. The third kappa shape index (κ3) is 3.67. The lowest BCUT2D eigenvalue weighted by molar-refractivity contribution is 0.102. The Morgan fingerprint density at radius 1 is 1.10 bits per heavy atom. The standard InChI is InChI=1S/C17H17FO3/c1-12-7-8-13(18)11-15(12)17(19)14-5-3-4-6-16(14)21-10-9-20-2/h3-8,11H,9-10H2,1-2H3. The van der Waals surface area contributed by atoms with Crippen molar-refractivity contribution >= 4 is 5.78 Å². The molecule has 0 aliphatic heterocycles. The fourth-order valence-corrected chi connectivity index (χ4v) is 2.00. The highest BCUT2D eigenvalue weighted by Gasteiger charge is 2.16. The van der Waals surface area contributed by atoms with Crippen LogP contribution >= 0.6 is 0 Å². The van der Waals surface area contributed by atoms with E-state index in [0.717, 1.165) is 5.56 Å². The molecule has 0 atom stereocenters. The summed E-state index contributed by atoms with van der Waals surface area (Å²) in [4.78, 5) is 12.6. The Hall–Kier alpha value is -2.20. The van der Waals surface area contributed by atoms with Crippen molar-refractivity contribution in [3.63, 3.8) is 0 Å². The highest BCUT2D eigenvalue weighted by Crippen LogP contribution is 2.23. The van der Waals surface area contributed by atoms with Crippen LogP contribution in [0.25, 0.3) is 0 Å². The van der Waals surface area contributed by atoms with Crippen molar-refractivity contribution in [3.05, 3.63) is 65.0 Å². The molecule has 0 N–H and O–H groups in total. The summed E-state index contributed by atoms with van der Waals surface area (Å²) >= 11 is 0. The van der Waals surface area contributed by atoms with Gasteiger partial charge in [0.2, 0.25) is 0 Å². The third-order valence-corrected chi connectivity index (χ3v) is 3.12. The SMILES string of the molecule is COCCOc1ccccc1C(=O)c1cc(F)ccc1C. The van der Waals surface area contributed by atoms with E-state index in [0.29, 0.717) is 30.1 Å². The number of rotatable bonds is 6. The van der Waals surface area contributed by atoms with Crippen LogP contribution < -0.4 is 4.74 Å². The maximum Gasteiger partial charge on any atom is 0.197 e. The number of carbonyl (C=O) groups excluding carboxylic acids is 1. The number of para-hydroxylation sites is 1. The molecule has 0 spiro atoms. The summed E-state index contributed by atoms with van der Waals surface area (Å²) in [5.41, 5.74) is 1.49. The van der Waals surface area contributed by atoms with Crippen LogP contribution in [0, 0.1) is 12.7 Å². The maximum absolute atomic E-state index is 13.4. The predicted molar refractivity (Wildman–Crippen MR) is 78.4 cm³/mol. The minimum atomic E-state index is -0.429. The Morgan fingerprint density at radius 3 is 2.62 bits per heavy atom. The molecule has 2 aromatic rings. The summed E-state index contributed by atoms with van der Waals surface area (Å²) in [6.07, 6.45) is 0. The number of hydrogen-bond donors (Lipinski definition) is 0. The molecule has 0 radical (unpaired) electrons. The Morgan fingerprint density at radius 2 is 1.86 bits per heavy atom. The van der Waals surface area contributed by atoms with E-state index in [1.54, 1.807) is 44.4 Å². The molecule has 0 heterocycles. The zero-order valence-electron chi connectivity index (χ0n) is 12.1. The number of aryl methyl sites for hydroxylation is 1. The highest BCUT2D eigenvalue weighted by atomic mass is 19.1. The number of carbonyl (C=O) groups is 1. The molecule has 0 amide bonds. The van der Waals surface area contributed by atoms with Crippen molar-refractivity contribution in [3.8, 4) is 5.75 Å². The Bertz CT molecular complexity index is 638. The van der Waals surface area contributed by atoms with E-state index in [4.69, 9.17) is 9.47 Å². The fourth-order valence-electron chi connectivity index (χ4n) is 2.00. The molecule has 0 saturated heterocycles. The van der Waals surface area contributed by atoms with Crippen molar-refractivity contribution in [1.82, 2.24) is 0 Å². The number of halogens is 1. The van der Waals surface area contributed by atoms with E-state index in [1.807, 2.05) is 0 Å². The molecular weight excluding hydrogens is 271 g/mol. The number of benzene rings is 2. The molecule has 21 heavy (non-hydrogen) atoms. The van der Waals surface area contributed by atoms with Gasteiger partial charge in [-0.1, -0.05) is 18.2 Å². The molecule has 0 aromatic heterocycles.